The van der Waals surface area contributed by atoms with Crippen molar-refractivity contribution >= 4 is 28.6 Å². The average molecular weight is 230 g/mol. The molecular formula is C14H12ClN. The summed E-state index contributed by atoms with van der Waals surface area (Å²) in [7, 11) is 0. The molecule has 0 aliphatic heterocycles. The molecule has 80 valence electrons. The van der Waals surface area contributed by atoms with Crippen molar-refractivity contribution in [2.24, 2.45) is 0 Å². The number of allylic oxidation sites excluding steroid dienone is 2. The Morgan fingerprint density at radius 3 is 3.00 bits per heavy atom. The van der Waals surface area contributed by atoms with E-state index in [0.29, 0.717) is 0 Å². The molecule has 0 N–H and O–H groups in total. The second-order valence-corrected chi connectivity index (χ2v) is 3.97. The monoisotopic (exact) mass is 229 g/mol. The third-order valence-corrected chi connectivity index (χ3v) is 2.85. The van der Waals surface area contributed by atoms with E-state index in [9.17, 15) is 0 Å². The smallest absolute Gasteiger partial charge is 0.0738 e. The highest BCUT2D eigenvalue weighted by molar-refractivity contribution is 6.33. The molecule has 0 atom stereocenters. The van der Waals surface area contributed by atoms with Crippen molar-refractivity contribution in [3.63, 3.8) is 0 Å². The minimum absolute atomic E-state index is 0.746. The highest BCUT2D eigenvalue weighted by Crippen LogP contribution is 2.28. The Balaban J connectivity index is 2.75. The fraction of sp³-hybridized carbons (Fsp3) is 0.0714. The third-order valence-electron chi connectivity index (χ3n) is 2.54. The second kappa shape index (κ2) is 4.50. The van der Waals surface area contributed by atoms with Gasteiger partial charge in [0.05, 0.1) is 5.52 Å². The van der Waals surface area contributed by atoms with E-state index in [4.69, 9.17) is 11.6 Å². The van der Waals surface area contributed by atoms with Crippen LogP contribution >= 0.6 is 11.6 Å². The molecule has 1 heterocycles. The van der Waals surface area contributed by atoms with Crippen molar-refractivity contribution in [3.05, 3.63) is 59.3 Å². The van der Waals surface area contributed by atoms with Crippen LogP contribution in [0.1, 0.15) is 11.1 Å². The van der Waals surface area contributed by atoms with Gasteiger partial charge < -0.3 is 0 Å². The molecule has 0 aliphatic carbocycles. The van der Waals surface area contributed by atoms with Crippen LogP contribution in [0.3, 0.4) is 0 Å². The summed E-state index contributed by atoms with van der Waals surface area (Å²) in [5.41, 5.74) is 3.10. The highest BCUT2D eigenvalue weighted by atomic mass is 35.5. The number of pyridine rings is 1. The lowest BCUT2D eigenvalue weighted by atomic mass is 10.0. The zero-order chi connectivity index (χ0) is 11.5. The molecule has 0 aliphatic rings. The van der Waals surface area contributed by atoms with Crippen LogP contribution in [0.5, 0.6) is 0 Å². The largest absolute Gasteiger partial charge is 0.256 e. The van der Waals surface area contributed by atoms with Crippen molar-refractivity contribution in [2.75, 3.05) is 0 Å². The molecule has 0 fully saturated rings. The molecule has 0 bridgehead atoms. The van der Waals surface area contributed by atoms with Gasteiger partial charge in [-0.15, -0.1) is 0 Å². The lowest BCUT2D eigenvalue weighted by Gasteiger charge is -2.07. The van der Waals surface area contributed by atoms with Gasteiger partial charge in [0, 0.05) is 16.6 Å². The van der Waals surface area contributed by atoms with Gasteiger partial charge in [0.1, 0.15) is 0 Å². The Morgan fingerprint density at radius 2 is 2.25 bits per heavy atom. The topological polar surface area (TPSA) is 12.9 Å². The van der Waals surface area contributed by atoms with E-state index in [1.165, 1.54) is 0 Å². The van der Waals surface area contributed by atoms with Crippen molar-refractivity contribution < 1.29 is 0 Å². The second-order valence-electron chi connectivity index (χ2n) is 3.57. The standard InChI is InChI=1S/C14H12ClN/c1-3-4-7-12-10(2)14-11(9-13(12)15)6-5-8-16-14/h3-9H,1H2,2H3/b7-4-. The Morgan fingerprint density at radius 1 is 1.44 bits per heavy atom. The molecule has 0 unspecified atom stereocenters. The third kappa shape index (κ3) is 1.86. The van der Waals surface area contributed by atoms with E-state index in [1.807, 2.05) is 37.3 Å². The van der Waals surface area contributed by atoms with Gasteiger partial charge in [0.15, 0.2) is 0 Å². The van der Waals surface area contributed by atoms with Gasteiger partial charge in [-0.25, -0.2) is 0 Å². The van der Waals surface area contributed by atoms with Crippen LogP contribution in [-0.4, -0.2) is 4.98 Å². The van der Waals surface area contributed by atoms with E-state index < -0.39 is 0 Å². The minimum Gasteiger partial charge on any atom is -0.256 e. The van der Waals surface area contributed by atoms with Gasteiger partial charge in [0.25, 0.3) is 0 Å². The number of hydrogen-bond acceptors (Lipinski definition) is 1. The summed E-state index contributed by atoms with van der Waals surface area (Å²) in [5.74, 6) is 0. The summed E-state index contributed by atoms with van der Waals surface area (Å²) < 4.78 is 0. The number of halogens is 1. The van der Waals surface area contributed by atoms with Gasteiger partial charge in [-0.05, 0) is 30.2 Å². The van der Waals surface area contributed by atoms with Crippen LogP contribution in [0, 0.1) is 6.92 Å². The Kier molecular flexibility index (Phi) is 3.07. The zero-order valence-electron chi connectivity index (χ0n) is 9.07. The molecule has 2 rings (SSSR count). The Hall–Kier alpha value is -1.60. The molecule has 2 aromatic rings. The maximum absolute atomic E-state index is 6.23. The van der Waals surface area contributed by atoms with E-state index in [-0.39, 0.29) is 0 Å². The number of rotatable bonds is 2. The maximum atomic E-state index is 6.23. The van der Waals surface area contributed by atoms with Crippen molar-refractivity contribution in [2.45, 2.75) is 6.92 Å². The summed E-state index contributed by atoms with van der Waals surface area (Å²) in [6.07, 6.45) is 7.37. The summed E-state index contributed by atoms with van der Waals surface area (Å²) in [6, 6.07) is 5.87. The number of benzene rings is 1. The van der Waals surface area contributed by atoms with Crippen molar-refractivity contribution in [1.29, 1.82) is 0 Å². The lowest BCUT2D eigenvalue weighted by molar-refractivity contribution is 1.36. The van der Waals surface area contributed by atoms with Crippen LogP contribution in [0.25, 0.3) is 17.0 Å². The van der Waals surface area contributed by atoms with E-state index in [0.717, 1.165) is 27.1 Å². The van der Waals surface area contributed by atoms with Crippen LogP contribution in [-0.2, 0) is 0 Å². The van der Waals surface area contributed by atoms with Gasteiger partial charge in [-0.3, -0.25) is 4.98 Å². The first-order valence-corrected chi connectivity index (χ1v) is 5.45. The molecule has 2 heteroatoms. The molecule has 1 nitrogen and oxygen atoms in total. The van der Waals surface area contributed by atoms with Crippen LogP contribution < -0.4 is 0 Å². The average Bonchev–Trinajstić information content (AvgIpc) is 2.29. The number of nitrogens with zero attached hydrogens (tertiary/aromatic N) is 1. The Bertz CT molecular complexity index is 570. The molecule has 0 spiro atoms. The fourth-order valence-electron chi connectivity index (χ4n) is 1.74. The normalized spacial score (nSPS) is 11.1. The highest BCUT2D eigenvalue weighted by Gasteiger charge is 2.06. The van der Waals surface area contributed by atoms with Gasteiger partial charge in [-0.2, -0.15) is 0 Å². The molecule has 16 heavy (non-hydrogen) atoms. The predicted molar refractivity (Wildman–Crippen MR) is 70.7 cm³/mol. The molecule has 1 aromatic carbocycles. The van der Waals surface area contributed by atoms with Gasteiger partial charge in [0.2, 0.25) is 0 Å². The molecular weight excluding hydrogens is 218 g/mol. The molecule has 0 saturated carbocycles. The molecule has 0 saturated heterocycles. The minimum atomic E-state index is 0.746. The van der Waals surface area contributed by atoms with Crippen LogP contribution in [0.4, 0.5) is 0 Å². The molecule has 0 radical (unpaired) electrons. The summed E-state index contributed by atoms with van der Waals surface area (Å²) in [5, 5.41) is 1.82. The predicted octanol–water partition coefficient (Wildman–Crippen LogP) is 4.40. The first kappa shape index (κ1) is 10.9. The zero-order valence-corrected chi connectivity index (χ0v) is 9.83. The first-order valence-electron chi connectivity index (χ1n) is 5.07. The SMILES string of the molecule is C=C/C=C\c1c(Cl)cc2cccnc2c1C. The fourth-order valence-corrected chi connectivity index (χ4v) is 2.06. The van der Waals surface area contributed by atoms with E-state index in [2.05, 4.69) is 11.6 Å². The van der Waals surface area contributed by atoms with Crippen molar-refractivity contribution in [3.8, 4) is 0 Å². The van der Waals surface area contributed by atoms with E-state index >= 15 is 0 Å². The van der Waals surface area contributed by atoms with Crippen LogP contribution in [0.2, 0.25) is 5.02 Å². The van der Waals surface area contributed by atoms with Crippen LogP contribution in [0.15, 0.2) is 43.1 Å². The number of hydrogen-bond donors (Lipinski definition) is 0. The number of aromatic nitrogens is 1. The van der Waals surface area contributed by atoms with Gasteiger partial charge in [-0.1, -0.05) is 42.5 Å². The number of fused-ring (bicyclic) bond motifs is 1. The Labute approximate surface area is 100 Å². The lowest BCUT2D eigenvalue weighted by Crippen LogP contribution is -1.88. The first-order chi connectivity index (χ1) is 7.74. The summed E-state index contributed by atoms with van der Waals surface area (Å²) in [6.45, 7) is 5.68. The molecule has 1 aromatic heterocycles. The summed E-state index contributed by atoms with van der Waals surface area (Å²) >= 11 is 6.23. The maximum Gasteiger partial charge on any atom is 0.0738 e. The van der Waals surface area contributed by atoms with Crippen molar-refractivity contribution in [1.82, 2.24) is 4.98 Å². The quantitative estimate of drug-likeness (QED) is 0.696. The molecule has 0 amide bonds. The summed E-state index contributed by atoms with van der Waals surface area (Å²) in [4.78, 5) is 4.37. The van der Waals surface area contributed by atoms with Gasteiger partial charge >= 0.3 is 0 Å². The van der Waals surface area contributed by atoms with E-state index in [1.54, 1.807) is 12.3 Å². The number of aryl methyl sites for hydroxylation is 1.